The maximum atomic E-state index is 5.85. The minimum Gasteiger partial charge on any atom is -0.126 e. The molecule has 0 nitrogen and oxygen atoms in total. The minimum absolute atomic E-state index is 0.834. The van der Waals surface area contributed by atoms with Crippen LogP contribution in [0.25, 0.3) is 0 Å². The summed E-state index contributed by atoms with van der Waals surface area (Å²) in [6.07, 6.45) is 6.97. The first-order valence-corrected chi connectivity index (χ1v) is 4.98. The molecule has 0 radical (unpaired) electrons. The average Bonchev–Trinajstić information content (AvgIpc) is 1.83. The van der Waals surface area contributed by atoms with E-state index in [4.69, 9.17) is 11.6 Å². The van der Waals surface area contributed by atoms with Gasteiger partial charge >= 0.3 is 0 Å². The van der Waals surface area contributed by atoms with E-state index >= 15 is 0 Å². The molecule has 1 rings (SSSR count). The lowest BCUT2D eigenvalue weighted by Gasteiger charge is -2.32. The molecular weight excluding hydrogens is 144 g/mol. The zero-order valence-electron chi connectivity index (χ0n) is 6.78. The molecule has 1 atom stereocenters. The van der Waals surface area contributed by atoms with E-state index in [1.807, 2.05) is 0 Å². The Bertz CT molecular complexity index is 86.7. The first-order valence-electron chi connectivity index (χ1n) is 4.44. The third kappa shape index (κ3) is 1.88. The first kappa shape index (κ1) is 8.39. The fourth-order valence-corrected chi connectivity index (χ4v) is 2.13. The number of rotatable bonds is 4. The van der Waals surface area contributed by atoms with E-state index in [9.17, 15) is 0 Å². The molecule has 1 aliphatic carbocycles. The van der Waals surface area contributed by atoms with E-state index in [1.54, 1.807) is 0 Å². The summed E-state index contributed by atoms with van der Waals surface area (Å²) in [4.78, 5) is 0. The Morgan fingerprint density at radius 1 is 1.50 bits per heavy atom. The molecule has 0 bridgehead atoms. The summed E-state index contributed by atoms with van der Waals surface area (Å²) in [6.45, 7) is 2.25. The predicted molar refractivity (Wildman–Crippen MR) is 46.5 cm³/mol. The highest BCUT2D eigenvalue weighted by Crippen LogP contribution is 2.36. The van der Waals surface area contributed by atoms with Crippen molar-refractivity contribution >= 4 is 11.6 Å². The fourth-order valence-electron chi connectivity index (χ4n) is 1.72. The fraction of sp³-hybridized carbons (Fsp3) is 1.00. The van der Waals surface area contributed by atoms with E-state index in [1.165, 1.54) is 32.1 Å². The Kier molecular flexibility index (Phi) is 3.55. The Morgan fingerprint density at radius 3 is 2.50 bits per heavy atom. The monoisotopic (exact) mass is 160 g/mol. The van der Waals surface area contributed by atoms with Crippen LogP contribution < -0.4 is 0 Å². The normalized spacial score (nSPS) is 22.2. The molecule has 0 aromatic carbocycles. The number of hydrogen-bond donors (Lipinski definition) is 0. The van der Waals surface area contributed by atoms with Crippen molar-refractivity contribution in [3.05, 3.63) is 0 Å². The van der Waals surface area contributed by atoms with Gasteiger partial charge in [-0.3, -0.25) is 0 Å². The second-order valence-corrected chi connectivity index (χ2v) is 3.70. The van der Waals surface area contributed by atoms with Gasteiger partial charge in [0, 0.05) is 5.88 Å². The SMILES string of the molecule is CCCC(CCl)C1CCC1. The van der Waals surface area contributed by atoms with Gasteiger partial charge in [0.05, 0.1) is 0 Å². The molecule has 0 heterocycles. The largest absolute Gasteiger partial charge is 0.126 e. The molecule has 1 heteroatoms. The van der Waals surface area contributed by atoms with Crippen molar-refractivity contribution in [2.75, 3.05) is 5.88 Å². The Hall–Kier alpha value is 0.290. The molecular formula is C9H17Cl. The van der Waals surface area contributed by atoms with Gasteiger partial charge in [-0.05, 0) is 18.3 Å². The first-order chi connectivity index (χ1) is 4.88. The van der Waals surface area contributed by atoms with Gasteiger partial charge in [-0.15, -0.1) is 11.6 Å². The predicted octanol–water partition coefficient (Wildman–Crippen LogP) is 3.44. The summed E-state index contributed by atoms with van der Waals surface area (Å²) in [5, 5.41) is 0. The Morgan fingerprint density at radius 2 is 2.20 bits per heavy atom. The lowest BCUT2D eigenvalue weighted by atomic mass is 9.75. The van der Waals surface area contributed by atoms with E-state index < -0.39 is 0 Å². The quantitative estimate of drug-likeness (QED) is 0.553. The molecule has 0 saturated heterocycles. The maximum Gasteiger partial charge on any atom is 0.0254 e. The van der Waals surface area contributed by atoms with E-state index in [0.717, 1.165) is 17.7 Å². The molecule has 1 unspecified atom stereocenters. The van der Waals surface area contributed by atoms with Gasteiger partial charge in [-0.1, -0.05) is 32.6 Å². The van der Waals surface area contributed by atoms with Crippen LogP contribution in [0.5, 0.6) is 0 Å². The summed E-state index contributed by atoms with van der Waals surface area (Å²) < 4.78 is 0. The van der Waals surface area contributed by atoms with Crippen molar-refractivity contribution in [3.63, 3.8) is 0 Å². The second-order valence-electron chi connectivity index (χ2n) is 3.39. The van der Waals surface area contributed by atoms with Gasteiger partial charge in [0.25, 0.3) is 0 Å². The lowest BCUT2D eigenvalue weighted by molar-refractivity contribution is 0.212. The van der Waals surface area contributed by atoms with Crippen molar-refractivity contribution in [3.8, 4) is 0 Å². The van der Waals surface area contributed by atoms with Gasteiger partial charge in [-0.2, -0.15) is 0 Å². The lowest BCUT2D eigenvalue weighted by Crippen LogP contribution is -2.22. The highest BCUT2D eigenvalue weighted by Gasteiger charge is 2.25. The molecule has 0 aromatic heterocycles. The van der Waals surface area contributed by atoms with Crippen LogP contribution in [-0.4, -0.2) is 5.88 Å². The highest BCUT2D eigenvalue weighted by molar-refractivity contribution is 6.18. The molecule has 0 spiro atoms. The maximum absolute atomic E-state index is 5.85. The van der Waals surface area contributed by atoms with E-state index in [0.29, 0.717) is 0 Å². The van der Waals surface area contributed by atoms with Crippen molar-refractivity contribution in [1.82, 2.24) is 0 Å². The molecule has 10 heavy (non-hydrogen) atoms. The van der Waals surface area contributed by atoms with Gasteiger partial charge in [0.15, 0.2) is 0 Å². The minimum atomic E-state index is 0.834. The second kappa shape index (κ2) is 4.23. The van der Waals surface area contributed by atoms with Crippen molar-refractivity contribution in [2.24, 2.45) is 11.8 Å². The molecule has 60 valence electrons. The summed E-state index contributed by atoms with van der Waals surface area (Å²) in [5.74, 6) is 2.70. The van der Waals surface area contributed by atoms with Crippen molar-refractivity contribution in [2.45, 2.75) is 39.0 Å². The number of alkyl halides is 1. The van der Waals surface area contributed by atoms with E-state index in [2.05, 4.69) is 6.92 Å². The topological polar surface area (TPSA) is 0 Å². The van der Waals surface area contributed by atoms with Crippen LogP contribution in [0.1, 0.15) is 39.0 Å². The average molecular weight is 161 g/mol. The summed E-state index contributed by atoms with van der Waals surface area (Å²) in [6, 6.07) is 0. The van der Waals surface area contributed by atoms with E-state index in [-0.39, 0.29) is 0 Å². The van der Waals surface area contributed by atoms with Crippen LogP contribution in [0.3, 0.4) is 0 Å². The number of hydrogen-bond acceptors (Lipinski definition) is 0. The van der Waals surface area contributed by atoms with Crippen molar-refractivity contribution in [1.29, 1.82) is 0 Å². The van der Waals surface area contributed by atoms with Crippen LogP contribution in [0.2, 0.25) is 0 Å². The molecule has 0 N–H and O–H groups in total. The van der Waals surface area contributed by atoms with Crippen LogP contribution in [-0.2, 0) is 0 Å². The van der Waals surface area contributed by atoms with Crippen LogP contribution in [0, 0.1) is 11.8 Å². The van der Waals surface area contributed by atoms with Gasteiger partial charge < -0.3 is 0 Å². The summed E-state index contributed by atoms with van der Waals surface area (Å²) in [5.41, 5.74) is 0. The van der Waals surface area contributed by atoms with Crippen LogP contribution in [0.4, 0.5) is 0 Å². The third-order valence-electron chi connectivity index (χ3n) is 2.67. The van der Waals surface area contributed by atoms with Crippen molar-refractivity contribution < 1.29 is 0 Å². The van der Waals surface area contributed by atoms with Gasteiger partial charge in [-0.25, -0.2) is 0 Å². The van der Waals surface area contributed by atoms with Crippen LogP contribution >= 0.6 is 11.6 Å². The molecule has 0 aromatic rings. The number of halogens is 1. The highest BCUT2D eigenvalue weighted by atomic mass is 35.5. The summed E-state index contributed by atoms with van der Waals surface area (Å²) in [7, 11) is 0. The molecule has 1 saturated carbocycles. The Balaban J connectivity index is 2.17. The standard InChI is InChI=1S/C9H17Cl/c1-2-4-9(7-10)8-5-3-6-8/h8-9H,2-7H2,1H3. The Labute approximate surface area is 69.0 Å². The molecule has 1 fully saturated rings. The smallest absolute Gasteiger partial charge is 0.0254 e. The third-order valence-corrected chi connectivity index (χ3v) is 3.07. The van der Waals surface area contributed by atoms with Gasteiger partial charge in [0.2, 0.25) is 0 Å². The molecule has 0 aliphatic heterocycles. The molecule has 1 aliphatic rings. The van der Waals surface area contributed by atoms with Gasteiger partial charge in [0.1, 0.15) is 0 Å². The zero-order chi connectivity index (χ0) is 7.40. The van der Waals surface area contributed by atoms with Crippen LogP contribution in [0.15, 0.2) is 0 Å². The molecule has 0 amide bonds. The zero-order valence-corrected chi connectivity index (χ0v) is 7.53. The summed E-state index contributed by atoms with van der Waals surface area (Å²) >= 11 is 5.85.